The van der Waals surface area contributed by atoms with Gasteiger partial charge in [-0.2, -0.15) is 0 Å². The molecule has 0 radical (unpaired) electrons. The Morgan fingerprint density at radius 2 is 0.981 bits per heavy atom. The average Bonchev–Trinajstić information content (AvgIpc) is 3.23. The molecular weight excluding hydrogens is 657 g/mol. The number of rotatable bonds is 5. The van der Waals surface area contributed by atoms with Gasteiger partial charge in [0.25, 0.3) is 0 Å². The van der Waals surface area contributed by atoms with E-state index < -0.39 is 0 Å². The summed E-state index contributed by atoms with van der Waals surface area (Å²) in [6.45, 7) is 7.39. The summed E-state index contributed by atoms with van der Waals surface area (Å²) in [5, 5.41) is 7.40. The molecule has 1 heterocycles. The lowest BCUT2D eigenvalue weighted by molar-refractivity contribution is -0.00518. The summed E-state index contributed by atoms with van der Waals surface area (Å²) in [6, 6.07) is 49.5. The first-order chi connectivity index (χ1) is 26.6. The van der Waals surface area contributed by atoms with Crippen molar-refractivity contribution in [1.29, 1.82) is 0 Å². The SMILES string of the molecule is [C-]#[N+]c1ccc(-c2nc(-c3ccccc3)nc(-c3ccc4c(c3)c3ccccc3c3c(-c5ccc(C67CC8CC(CC(C8)C6)C7)cc5)cccc43)n2)cc1. The molecule has 12 rings (SSSR count). The summed E-state index contributed by atoms with van der Waals surface area (Å²) >= 11 is 0. The van der Waals surface area contributed by atoms with Gasteiger partial charge in [-0.05, 0) is 117 Å². The second-order valence-corrected chi connectivity index (χ2v) is 16.1. The fraction of sp³-hybridized carbons (Fsp3) is 0.200. The number of aromatic nitrogens is 3. The van der Waals surface area contributed by atoms with Crippen LogP contribution < -0.4 is 0 Å². The molecule has 0 unspecified atom stereocenters. The van der Waals surface area contributed by atoms with Gasteiger partial charge in [0.05, 0.1) is 6.57 Å². The van der Waals surface area contributed by atoms with E-state index in [1.54, 1.807) is 5.56 Å². The second kappa shape index (κ2) is 12.2. The molecule has 4 aliphatic carbocycles. The third-order valence-electron chi connectivity index (χ3n) is 12.9. The standard InChI is InChI=1S/C50H38N4/c1-51-39-21-16-36(17-22-39)48-52-47(35-8-3-2-4-9-35)53-49(54-48)37-18-23-42-44-13-7-12-40(46(44)43-11-6-5-10-41(43)45(42)27-37)34-14-19-38(20-15-34)50-28-31-24-32(29-50)26-33(25-31)30-50/h2-23,27,31-33H,24-26,28-30H2. The van der Waals surface area contributed by atoms with E-state index in [1.807, 2.05) is 54.6 Å². The number of benzene rings is 7. The van der Waals surface area contributed by atoms with Gasteiger partial charge in [-0.15, -0.1) is 0 Å². The fourth-order valence-electron chi connectivity index (χ4n) is 10.9. The van der Waals surface area contributed by atoms with Crippen molar-refractivity contribution in [2.24, 2.45) is 17.8 Å². The van der Waals surface area contributed by atoms with Crippen molar-refractivity contribution in [2.75, 3.05) is 0 Å². The maximum atomic E-state index is 7.39. The van der Waals surface area contributed by atoms with Crippen molar-refractivity contribution in [3.63, 3.8) is 0 Å². The Labute approximate surface area is 315 Å². The van der Waals surface area contributed by atoms with E-state index >= 15 is 0 Å². The highest BCUT2D eigenvalue weighted by Crippen LogP contribution is 2.60. The average molecular weight is 695 g/mol. The molecule has 0 N–H and O–H groups in total. The van der Waals surface area contributed by atoms with Crippen molar-refractivity contribution >= 4 is 38.0 Å². The summed E-state index contributed by atoms with van der Waals surface area (Å²) in [6.07, 6.45) is 8.59. The molecule has 4 fully saturated rings. The van der Waals surface area contributed by atoms with Crippen molar-refractivity contribution in [2.45, 2.75) is 43.9 Å². The zero-order chi connectivity index (χ0) is 35.8. The molecule has 0 aliphatic heterocycles. The van der Waals surface area contributed by atoms with E-state index in [1.165, 1.54) is 82.0 Å². The monoisotopic (exact) mass is 694 g/mol. The molecule has 8 aromatic rings. The molecule has 0 saturated heterocycles. The highest BCUT2D eigenvalue weighted by atomic mass is 15.0. The molecule has 0 atom stereocenters. The molecule has 4 saturated carbocycles. The third kappa shape index (κ3) is 5.06. The quantitative estimate of drug-likeness (QED) is 0.133. The van der Waals surface area contributed by atoms with Gasteiger partial charge in [0.2, 0.25) is 0 Å². The summed E-state index contributed by atoms with van der Waals surface area (Å²) in [7, 11) is 0. The zero-order valence-electron chi connectivity index (χ0n) is 30.0. The maximum Gasteiger partial charge on any atom is 0.187 e. The molecule has 4 bridgehead atoms. The molecule has 7 aromatic carbocycles. The number of fused-ring (bicyclic) bond motifs is 6. The van der Waals surface area contributed by atoms with E-state index in [2.05, 4.69) is 89.8 Å². The zero-order valence-corrected chi connectivity index (χ0v) is 30.0. The summed E-state index contributed by atoms with van der Waals surface area (Å²) < 4.78 is 0. The minimum atomic E-state index is 0.400. The van der Waals surface area contributed by atoms with Gasteiger partial charge >= 0.3 is 0 Å². The molecule has 54 heavy (non-hydrogen) atoms. The van der Waals surface area contributed by atoms with Crippen LogP contribution in [0.1, 0.15) is 44.1 Å². The Balaban J connectivity index is 1.05. The maximum absolute atomic E-state index is 7.39. The van der Waals surface area contributed by atoms with Crippen LogP contribution in [0.2, 0.25) is 0 Å². The molecule has 0 amide bonds. The van der Waals surface area contributed by atoms with Crippen LogP contribution in [0.3, 0.4) is 0 Å². The van der Waals surface area contributed by atoms with E-state index in [0.29, 0.717) is 28.6 Å². The lowest BCUT2D eigenvalue weighted by atomic mass is 9.48. The van der Waals surface area contributed by atoms with E-state index in [-0.39, 0.29) is 0 Å². The van der Waals surface area contributed by atoms with Gasteiger partial charge in [-0.1, -0.05) is 133 Å². The topological polar surface area (TPSA) is 43.0 Å². The summed E-state index contributed by atoms with van der Waals surface area (Å²) in [5.41, 5.74) is 7.83. The Morgan fingerprint density at radius 3 is 1.63 bits per heavy atom. The minimum absolute atomic E-state index is 0.400. The van der Waals surface area contributed by atoms with Crippen molar-refractivity contribution in [1.82, 2.24) is 15.0 Å². The summed E-state index contributed by atoms with van der Waals surface area (Å²) in [5.74, 6) is 4.64. The van der Waals surface area contributed by atoms with Crippen LogP contribution >= 0.6 is 0 Å². The smallest absolute Gasteiger partial charge is 0.187 e. The van der Waals surface area contributed by atoms with Crippen molar-refractivity contribution < 1.29 is 0 Å². The Kier molecular flexibility index (Phi) is 7.07. The third-order valence-corrected chi connectivity index (χ3v) is 12.9. The van der Waals surface area contributed by atoms with Gasteiger partial charge in [0.1, 0.15) is 0 Å². The van der Waals surface area contributed by atoms with Crippen LogP contribution in [0.15, 0.2) is 140 Å². The minimum Gasteiger partial charge on any atom is -0.238 e. The van der Waals surface area contributed by atoms with Crippen LogP contribution in [0.5, 0.6) is 0 Å². The highest BCUT2D eigenvalue weighted by Gasteiger charge is 2.51. The molecule has 0 spiro atoms. The first-order valence-corrected chi connectivity index (χ1v) is 19.4. The molecular formula is C50H38N4. The lowest BCUT2D eigenvalue weighted by Gasteiger charge is -2.57. The van der Waals surface area contributed by atoms with E-state index in [0.717, 1.165) is 34.4 Å². The Morgan fingerprint density at radius 1 is 0.463 bits per heavy atom. The lowest BCUT2D eigenvalue weighted by Crippen LogP contribution is -2.48. The first kappa shape index (κ1) is 31.4. The van der Waals surface area contributed by atoms with E-state index in [9.17, 15) is 0 Å². The highest BCUT2D eigenvalue weighted by molar-refractivity contribution is 6.28. The molecule has 4 heteroatoms. The van der Waals surface area contributed by atoms with Gasteiger partial charge in [0.15, 0.2) is 23.2 Å². The van der Waals surface area contributed by atoms with Crippen molar-refractivity contribution in [3.05, 3.63) is 157 Å². The predicted molar refractivity (Wildman–Crippen MR) is 220 cm³/mol. The van der Waals surface area contributed by atoms with Crippen LogP contribution in [0, 0.1) is 24.3 Å². The molecule has 258 valence electrons. The predicted octanol–water partition coefficient (Wildman–Crippen LogP) is 13.0. The van der Waals surface area contributed by atoms with Crippen LogP contribution in [0.4, 0.5) is 5.69 Å². The second-order valence-electron chi connectivity index (χ2n) is 16.1. The molecule has 4 aliphatic rings. The molecule has 4 nitrogen and oxygen atoms in total. The number of hydrogen-bond donors (Lipinski definition) is 0. The molecule has 1 aromatic heterocycles. The van der Waals surface area contributed by atoms with Crippen LogP contribution in [-0.4, -0.2) is 15.0 Å². The van der Waals surface area contributed by atoms with Gasteiger partial charge in [0, 0.05) is 16.7 Å². The fourth-order valence-corrected chi connectivity index (χ4v) is 10.9. The normalized spacial score (nSPS) is 21.5. The van der Waals surface area contributed by atoms with Gasteiger partial charge < -0.3 is 0 Å². The van der Waals surface area contributed by atoms with Gasteiger partial charge in [-0.25, -0.2) is 19.8 Å². The Bertz CT molecular complexity index is 2730. The largest absolute Gasteiger partial charge is 0.238 e. The van der Waals surface area contributed by atoms with Crippen molar-refractivity contribution in [3.8, 4) is 45.3 Å². The first-order valence-electron chi connectivity index (χ1n) is 19.4. The van der Waals surface area contributed by atoms with E-state index in [4.69, 9.17) is 21.5 Å². The van der Waals surface area contributed by atoms with Crippen LogP contribution in [0.25, 0.3) is 82.5 Å². The number of hydrogen-bond acceptors (Lipinski definition) is 3. The summed E-state index contributed by atoms with van der Waals surface area (Å²) in [4.78, 5) is 18.5. The van der Waals surface area contributed by atoms with Gasteiger partial charge in [-0.3, -0.25) is 0 Å². The number of nitrogens with zero attached hydrogens (tertiary/aromatic N) is 4. The Hall–Kier alpha value is -6.18. The van der Waals surface area contributed by atoms with Crippen LogP contribution in [-0.2, 0) is 5.41 Å².